The number of ether oxygens (including phenoxy) is 1. The van der Waals surface area contributed by atoms with Gasteiger partial charge in [0, 0.05) is 24.2 Å². The molecule has 1 aliphatic rings. The molecule has 3 aromatic heterocycles. The zero-order valence-electron chi connectivity index (χ0n) is 15.0. The highest BCUT2D eigenvalue weighted by molar-refractivity contribution is 7.15. The first kappa shape index (κ1) is 18.2. The van der Waals surface area contributed by atoms with E-state index in [0.717, 1.165) is 24.6 Å². The van der Waals surface area contributed by atoms with Crippen molar-refractivity contribution >= 4 is 39.4 Å². The van der Waals surface area contributed by atoms with Gasteiger partial charge in [-0.3, -0.25) is 0 Å². The molecule has 0 aromatic carbocycles. The summed E-state index contributed by atoms with van der Waals surface area (Å²) in [5.74, 6) is 1.59. The third-order valence-electron chi connectivity index (χ3n) is 4.18. The number of thiazole rings is 1. The fourth-order valence-electron chi connectivity index (χ4n) is 2.71. The van der Waals surface area contributed by atoms with E-state index in [0.29, 0.717) is 34.2 Å². The molecule has 3 aromatic rings. The summed E-state index contributed by atoms with van der Waals surface area (Å²) in [7, 11) is 0. The molecule has 142 valence electrons. The average molecular weight is 405 g/mol. The summed E-state index contributed by atoms with van der Waals surface area (Å²) < 4.78 is 5.39. The highest BCUT2D eigenvalue weighted by Gasteiger charge is 2.33. The molecule has 0 spiro atoms. The van der Waals surface area contributed by atoms with Crippen LogP contribution >= 0.6 is 22.7 Å². The van der Waals surface area contributed by atoms with Crippen molar-refractivity contribution in [2.24, 2.45) is 0 Å². The van der Waals surface area contributed by atoms with Gasteiger partial charge < -0.3 is 20.1 Å². The van der Waals surface area contributed by atoms with E-state index in [1.165, 1.54) is 22.7 Å². The second kappa shape index (κ2) is 7.47. The molecule has 1 atom stereocenters. The van der Waals surface area contributed by atoms with Crippen molar-refractivity contribution in [3.63, 3.8) is 0 Å². The molecular weight excluding hydrogens is 384 g/mol. The van der Waals surface area contributed by atoms with Gasteiger partial charge in [0.1, 0.15) is 16.6 Å². The van der Waals surface area contributed by atoms with Crippen molar-refractivity contribution in [3.8, 4) is 0 Å². The molecule has 4 rings (SSSR count). The lowest BCUT2D eigenvalue weighted by molar-refractivity contribution is 0.101. The van der Waals surface area contributed by atoms with E-state index in [2.05, 4.69) is 30.4 Å². The van der Waals surface area contributed by atoms with Crippen LogP contribution in [0.4, 0.5) is 16.8 Å². The van der Waals surface area contributed by atoms with Crippen LogP contribution < -0.4 is 10.2 Å². The smallest absolute Gasteiger partial charge is 0.211 e. The van der Waals surface area contributed by atoms with E-state index in [1.807, 2.05) is 30.5 Å². The Labute approximate surface area is 164 Å². The lowest BCUT2D eigenvalue weighted by Crippen LogP contribution is -2.36. The van der Waals surface area contributed by atoms with Crippen LogP contribution in [-0.4, -0.2) is 51.6 Å². The highest BCUT2D eigenvalue weighted by Crippen LogP contribution is 2.35. The zero-order chi connectivity index (χ0) is 18.9. The van der Waals surface area contributed by atoms with Crippen LogP contribution in [0.25, 0.3) is 0 Å². The third-order valence-corrected chi connectivity index (χ3v) is 6.40. The molecule has 1 saturated heterocycles. The van der Waals surface area contributed by atoms with Crippen LogP contribution in [0, 0.1) is 6.92 Å². The Bertz CT molecular complexity index is 920. The van der Waals surface area contributed by atoms with E-state index in [1.54, 1.807) is 6.92 Å². The monoisotopic (exact) mass is 404 g/mol. The Hall–Kier alpha value is -2.14. The predicted molar refractivity (Wildman–Crippen MR) is 106 cm³/mol. The van der Waals surface area contributed by atoms with E-state index in [4.69, 9.17) is 4.74 Å². The standard InChI is InChI=1S/C17H20N6O2S2/c1-11-10-26-14(18-11)17(2,24)15-21-22-16(27-15)20-12-4-3-5-13(19-12)23-6-8-25-9-7-23/h3-5,10,24H,6-9H2,1-2H3,(H,19,20,22). The normalized spacial score (nSPS) is 16.9. The van der Waals surface area contributed by atoms with E-state index in [-0.39, 0.29) is 0 Å². The van der Waals surface area contributed by atoms with Gasteiger partial charge in [-0.2, -0.15) is 0 Å². The maximum absolute atomic E-state index is 10.9. The summed E-state index contributed by atoms with van der Waals surface area (Å²) in [6, 6.07) is 5.82. The number of aryl methyl sites for hydroxylation is 1. The van der Waals surface area contributed by atoms with Gasteiger partial charge in [0.05, 0.1) is 13.2 Å². The molecule has 27 heavy (non-hydrogen) atoms. The Morgan fingerprint density at radius 2 is 2.00 bits per heavy atom. The topological polar surface area (TPSA) is 96.3 Å². The van der Waals surface area contributed by atoms with Crippen LogP contribution in [0.15, 0.2) is 23.6 Å². The van der Waals surface area contributed by atoms with E-state index in [9.17, 15) is 5.11 Å². The van der Waals surface area contributed by atoms with E-state index >= 15 is 0 Å². The SMILES string of the molecule is Cc1csc(C(C)(O)c2nnc(Nc3cccc(N4CCOCC4)n3)s2)n1. The minimum Gasteiger partial charge on any atom is -0.378 e. The zero-order valence-corrected chi connectivity index (χ0v) is 16.7. The first-order valence-corrected chi connectivity index (χ1v) is 10.3. The molecule has 2 N–H and O–H groups in total. The quantitative estimate of drug-likeness (QED) is 0.670. The van der Waals surface area contributed by atoms with Crippen molar-refractivity contribution < 1.29 is 9.84 Å². The maximum atomic E-state index is 10.9. The molecular formula is C17H20N6O2S2. The van der Waals surface area contributed by atoms with Crippen molar-refractivity contribution in [2.75, 3.05) is 36.5 Å². The number of rotatable bonds is 5. The van der Waals surface area contributed by atoms with Gasteiger partial charge in [0.25, 0.3) is 0 Å². The van der Waals surface area contributed by atoms with Crippen LogP contribution in [0.5, 0.6) is 0 Å². The number of hydrogen-bond donors (Lipinski definition) is 2. The molecule has 0 bridgehead atoms. The number of aromatic nitrogens is 4. The average Bonchev–Trinajstić information content (AvgIpc) is 3.33. The van der Waals surface area contributed by atoms with Crippen LogP contribution in [0.2, 0.25) is 0 Å². The maximum Gasteiger partial charge on any atom is 0.211 e. The second-order valence-electron chi connectivity index (χ2n) is 6.38. The van der Waals surface area contributed by atoms with Gasteiger partial charge >= 0.3 is 0 Å². The van der Waals surface area contributed by atoms with Gasteiger partial charge in [0.15, 0.2) is 10.6 Å². The molecule has 0 radical (unpaired) electrons. The number of pyridine rings is 1. The molecule has 1 unspecified atom stereocenters. The van der Waals surface area contributed by atoms with Gasteiger partial charge in [0.2, 0.25) is 5.13 Å². The molecule has 1 fully saturated rings. The third kappa shape index (κ3) is 3.93. The summed E-state index contributed by atoms with van der Waals surface area (Å²) in [4.78, 5) is 11.2. The van der Waals surface area contributed by atoms with Crippen molar-refractivity contribution in [2.45, 2.75) is 19.4 Å². The van der Waals surface area contributed by atoms with Crippen molar-refractivity contribution in [1.82, 2.24) is 20.2 Å². The Kier molecular flexibility index (Phi) is 5.04. The fraction of sp³-hybridized carbons (Fsp3) is 0.412. The number of nitrogens with one attached hydrogen (secondary N) is 1. The van der Waals surface area contributed by atoms with Crippen molar-refractivity contribution in [1.29, 1.82) is 0 Å². The number of nitrogens with zero attached hydrogens (tertiary/aromatic N) is 5. The highest BCUT2D eigenvalue weighted by atomic mass is 32.1. The summed E-state index contributed by atoms with van der Waals surface area (Å²) in [5, 5.41) is 25.9. The molecule has 0 amide bonds. The minimum atomic E-state index is -1.26. The molecule has 0 saturated carbocycles. The molecule has 0 aliphatic carbocycles. The molecule has 10 heteroatoms. The van der Waals surface area contributed by atoms with Crippen molar-refractivity contribution in [3.05, 3.63) is 39.3 Å². The summed E-state index contributed by atoms with van der Waals surface area (Å²) in [6.07, 6.45) is 0. The van der Waals surface area contributed by atoms with Crippen LogP contribution in [0.1, 0.15) is 22.6 Å². The first-order chi connectivity index (χ1) is 13.0. The summed E-state index contributed by atoms with van der Waals surface area (Å²) >= 11 is 2.70. The first-order valence-electron chi connectivity index (χ1n) is 8.58. The Morgan fingerprint density at radius 3 is 2.74 bits per heavy atom. The molecule has 8 nitrogen and oxygen atoms in total. The largest absolute Gasteiger partial charge is 0.378 e. The Balaban J connectivity index is 1.51. The van der Waals surface area contributed by atoms with Gasteiger partial charge in [-0.05, 0) is 26.0 Å². The summed E-state index contributed by atoms with van der Waals surface area (Å²) in [6.45, 7) is 6.67. The van der Waals surface area contributed by atoms with Gasteiger partial charge in [-0.15, -0.1) is 21.5 Å². The molecule has 1 aliphatic heterocycles. The summed E-state index contributed by atoms with van der Waals surface area (Å²) in [5.41, 5.74) is -0.387. The fourth-order valence-corrected chi connectivity index (χ4v) is 4.43. The number of hydrogen-bond acceptors (Lipinski definition) is 10. The van der Waals surface area contributed by atoms with Crippen LogP contribution in [-0.2, 0) is 10.3 Å². The second-order valence-corrected chi connectivity index (χ2v) is 8.22. The minimum absolute atomic E-state index is 0.490. The number of aliphatic hydroxyl groups is 1. The number of morpholine rings is 1. The lowest BCUT2D eigenvalue weighted by Gasteiger charge is -2.27. The van der Waals surface area contributed by atoms with Gasteiger partial charge in [-0.1, -0.05) is 17.4 Å². The molecule has 4 heterocycles. The number of anilines is 3. The van der Waals surface area contributed by atoms with E-state index < -0.39 is 5.60 Å². The Morgan fingerprint density at radius 1 is 1.19 bits per heavy atom. The lowest BCUT2D eigenvalue weighted by atomic mass is 10.1. The predicted octanol–water partition coefficient (Wildman–Crippen LogP) is 2.53. The van der Waals surface area contributed by atoms with Gasteiger partial charge in [-0.25, -0.2) is 9.97 Å². The van der Waals surface area contributed by atoms with Crippen LogP contribution in [0.3, 0.4) is 0 Å².